The molecule has 0 aliphatic rings. The molecule has 3 aromatic carbocycles. The van der Waals surface area contributed by atoms with E-state index >= 15 is 0 Å². The molecule has 0 saturated carbocycles. The molecule has 1 amide bonds. The number of carbonyl (C=O) groups excluding carboxylic acids is 1. The van der Waals surface area contributed by atoms with E-state index in [1.165, 1.54) is 6.08 Å². The highest BCUT2D eigenvalue weighted by molar-refractivity contribution is 6.37. The minimum Gasteiger partial charge on any atom is -0.486 e. The third kappa shape index (κ3) is 6.16. The number of benzene rings is 3. The van der Waals surface area contributed by atoms with Crippen LogP contribution in [0.25, 0.3) is 6.08 Å². The summed E-state index contributed by atoms with van der Waals surface area (Å²) in [6.07, 6.45) is 1.38. The Bertz CT molecular complexity index is 1180. The zero-order chi connectivity index (χ0) is 22.4. The van der Waals surface area contributed by atoms with E-state index in [1.54, 1.807) is 48.5 Å². The first-order valence-corrected chi connectivity index (χ1v) is 10.4. The van der Waals surface area contributed by atoms with Crippen molar-refractivity contribution < 1.29 is 9.53 Å². The molecule has 1 N–H and O–H groups in total. The predicted molar refractivity (Wildman–Crippen MR) is 126 cm³/mol. The normalized spacial score (nSPS) is 11.0. The van der Waals surface area contributed by atoms with Crippen molar-refractivity contribution in [3.05, 3.63) is 97.5 Å². The van der Waals surface area contributed by atoms with Crippen LogP contribution >= 0.6 is 46.4 Å². The van der Waals surface area contributed by atoms with Gasteiger partial charge in [-0.3, -0.25) is 4.79 Å². The Morgan fingerprint density at radius 3 is 2.32 bits per heavy atom. The summed E-state index contributed by atoms with van der Waals surface area (Å²) in [7, 11) is 0. The molecule has 0 unspecified atom stereocenters. The van der Waals surface area contributed by atoms with Gasteiger partial charge in [0.05, 0.1) is 20.8 Å². The van der Waals surface area contributed by atoms with E-state index in [-0.39, 0.29) is 22.2 Å². The van der Waals surface area contributed by atoms with Crippen LogP contribution in [0.5, 0.6) is 5.75 Å². The second-order valence-corrected chi connectivity index (χ2v) is 7.99. The third-order valence-electron chi connectivity index (χ3n) is 4.09. The number of hydrogen-bond donors (Lipinski definition) is 1. The number of rotatable bonds is 6. The fourth-order valence-corrected chi connectivity index (χ4v) is 3.66. The first-order chi connectivity index (χ1) is 14.9. The first-order valence-electron chi connectivity index (χ1n) is 8.91. The maximum atomic E-state index is 12.5. The summed E-state index contributed by atoms with van der Waals surface area (Å²) in [6.45, 7) is 0.221. The van der Waals surface area contributed by atoms with E-state index in [9.17, 15) is 10.1 Å². The largest absolute Gasteiger partial charge is 0.486 e. The minimum atomic E-state index is -0.607. The Morgan fingerprint density at radius 1 is 0.968 bits per heavy atom. The lowest BCUT2D eigenvalue weighted by molar-refractivity contribution is -0.112. The van der Waals surface area contributed by atoms with Gasteiger partial charge in [0.1, 0.15) is 18.2 Å². The summed E-state index contributed by atoms with van der Waals surface area (Å²) in [5, 5.41) is 13.5. The van der Waals surface area contributed by atoms with E-state index in [0.717, 1.165) is 5.56 Å². The van der Waals surface area contributed by atoms with Crippen molar-refractivity contribution in [2.75, 3.05) is 5.32 Å². The molecule has 0 aliphatic heterocycles. The van der Waals surface area contributed by atoms with Gasteiger partial charge >= 0.3 is 0 Å². The second-order valence-electron chi connectivity index (χ2n) is 6.34. The molecule has 31 heavy (non-hydrogen) atoms. The first kappa shape index (κ1) is 23.0. The molecule has 3 aromatic rings. The SMILES string of the molecule is N#C/C(=C\c1cc(Cl)c(OCc2cccc(Cl)c2)c(Cl)c1)C(=O)Nc1ccccc1Cl. The maximum Gasteiger partial charge on any atom is 0.266 e. The molecular formula is C23H14Cl4N2O2. The number of para-hydroxylation sites is 1. The van der Waals surface area contributed by atoms with Gasteiger partial charge < -0.3 is 10.1 Å². The van der Waals surface area contributed by atoms with Crippen LogP contribution in [0.1, 0.15) is 11.1 Å². The molecule has 0 atom stereocenters. The second kappa shape index (κ2) is 10.6. The van der Waals surface area contributed by atoms with E-state index in [2.05, 4.69) is 5.32 Å². The van der Waals surface area contributed by atoms with Crippen LogP contribution in [-0.4, -0.2) is 5.91 Å². The van der Waals surface area contributed by atoms with E-state index < -0.39 is 5.91 Å². The van der Waals surface area contributed by atoms with E-state index in [1.807, 2.05) is 18.2 Å². The number of ether oxygens (including phenoxy) is 1. The molecule has 156 valence electrons. The number of nitrogens with one attached hydrogen (secondary N) is 1. The average molecular weight is 492 g/mol. The standard InChI is InChI=1S/C23H14Cl4N2O2/c24-17-5-3-4-14(9-17)13-31-22-19(26)10-15(11-20(22)27)8-16(12-28)23(30)29-21-7-2-1-6-18(21)25/h1-11H,13H2,(H,29,30)/b16-8+. The molecule has 0 bridgehead atoms. The lowest BCUT2D eigenvalue weighted by Gasteiger charge is -2.11. The molecule has 3 rings (SSSR count). The van der Waals surface area contributed by atoms with Gasteiger partial charge in [0.2, 0.25) is 0 Å². The summed E-state index contributed by atoms with van der Waals surface area (Å²) in [5.41, 5.74) is 1.58. The maximum absolute atomic E-state index is 12.5. The van der Waals surface area contributed by atoms with Crippen molar-refractivity contribution >= 4 is 64.1 Å². The van der Waals surface area contributed by atoms with Gasteiger partial charge in [-0.1, -0.05) is 70.7 Å². The van der Waals surface area contributed by atoms with Gasteiger partial charge in [-0.25, -0.2) is 0 Å². The smallest absolute Gasteiger partial charge is 0.266 e. The zero-order valence-electron chi connectivity index (χ0n) is 15.8. The molecule has 0 radical (unpaired) electrons. The number of halogens is 4. The Balaban J connectivity index is 1.78. The van der Waals surface area contributed by atoms with Gasteiger partial charge in [0.15, 0.2) is 5.75 Å². The number of anilines is 1. The predicted octanol–water partition coefficient (Wildman–Crippen LogP) is 7.42. The highest BCUT2D eigenvalue weighted by atomic mass is 35.5. The summed E-state index contributed by atoms with van der Waals surface area (Å²) >= 11 is 24.7. The average Bonchev–Trinajstić information content (AvgIpc) is 2.73. The van der Waals surface area contributed by atoms with Crippen LogP contribution in [0.4, 0.5) is 5.69 Å². The van der Waals surface area contributed by atoms with Gasteiger partial charge in [-0.2, -0.15) is 5.26 Å². The monoisotopic (exact) mass is 490 g/mol. The summed E-state index contributed by atoms with van der Waals surface area (Å²) < 4.78 is 5.73. The van der Waals surface area contributed by atoms with E-state index in [0.29, 0.717) is 27.0 Å². The Labute approximate surface area is 199 Å². The summed E-state index contributed by atoms with van der Waals surface area (Å²) in [4.78, 5) is 12.5. The van der Waals surface area contributed by atoms with Crippen molar-refractivity contribution in [1.29, 1.82) is 5.26 Å². The van der Waals surface area contributed by atoms with Crippen molar-refractivity contribution in [3.8, 4) is 11.8 Å². The highest BCUT2D eigenvalue weighted by Gasteiger charge is 2.14. The number of carbonyl (C=O) groups is 1. The lowest BCUT2D eigenvalue weighted by Crippen LogP contribution is -2.13. The lowest BCUT2D eigenvalue weighted by atomic mass is 10.1. The highest BCUT2D eigenvalue weighted by Crippen LogP contribution is 2.35. The third-order valence-corrected chi connectivity index (χ3v) is 5.22. The Hall–Kier alpha value is -2.68. The van der Waals surface area contributed by atoms with Gasteiger partial charge in [0.25, 0.3) is 5.91 Å². The van der Waals surface area contributed by atoms with Crippen LogP contribution in [0.2, 0.25) is 20.1 Å². The van der Waals surface area contributed by atoms with Crippen LogP contribution in [0, 0.1) is 11.3 Å². The zero-order valence-corrected chi connectivity index (χ0v) is 18.9. The van der Waals surface area contributed by atoms with Crippen molar-refractivity contribution in [3.63, 3.8) is 0 Å². The molecule has 0 fully saturated rings. The molecule has 0 spiro atoms. The number of amides is 1. The van der Waals surface area contributed by atoms with E-state index in [4.69, 9.17) is 51.1 Å². The van der Waals surface area contributed by atoms with Crippen molar-refractivity contribution in [2.45, 2.75) is 6.61 Å². The van der Waals surface area contributed by atoms with Crippen LogP contribution in [0.3, 0.4) is 0 Å². The molecule has 4 nitrogen and oxygen atoms in total. The van der Waals surface area contributed by atoms with Crippen molar-refractivity contribution in [2.24, 2.45) is 0 Å². The molecule has 0 aliphatic carbocycles. The Morgan fingerprint density at radius 2 is 1.68 bits per heavy atom. The number of nitriles is 1. The fraction of sp³-hybridized carbons (Fsp3) is 0.0435. The molecule has 0 heterocycles. The number of hydrogen-bond acceptors (Lipinski definition) is 3. The van der Waals surface area contributed by atoms with Crippen LogP contribution < -0.4 is 10.1 Å². The topological polar surface area (TPSA) is 62.1 Å². The summed E-state index contributed by atoms with van der Waals surface area (Å²) in [5.74, 6) is -0.316. The Kier molecular flexibility index (Phi) is 7.84. The van der Waals surface area contributed by atoms with Gasteiger partial charge in [-0.15, -0.1) is 0 Å². The van der Waals surface area contributed by atoms with Gasteiger partial charge in [-0.05, 0) is 53.6 Å². The van der Waals surface area contributed by atoms with Crippen molar-refractivity contribution in [1.82, 2.24) is 0 Å². The molecule has 0 saturated heterocycles. The molecule has 0 aromatic heterocycles. The van der Waals surface area contributed by atoms with Gasteiger partial charge in [0, 0.05) is 5.02 Å². The van der Waals surface area contributed by atoms with Crippen LogP contribution in [0.15, 0.2) is 66.2 Å². The molecular weight excluding hydrogens is 478 g/mol. The summed E-state index contributed by atoms with van der Waals surface area (Å²) in [6, 6.07) is 18.9. The number of nitrogens with zero attached hydrogens (tertiary/aromatic N) is 1. The van der Waals surface area contributed by atoms with Crippen LogP contribution in [-0.2, 0) is 11.4 Å². The fourth-order valence-electron chi connectivity index (χ4n) is 2.65. The minimum absolute atomic E-state index is 0.139. The quantitative estimate of drug-likeness (QED) is 0.288. The molecule has 8 heteroatoms.